The van der Waals surface area contributed by atoms with Gasteiger partial charge in [-0.3, -0.25) is 29.1 Å². The zero-order valence-electron chi connectivity index (χ0n) is 15.8. The van der Waals surface area contributed by atoms with Crippen LogP contribution in [-0.2, 0) is 19.1 Å². The van der Waals surface area contributed by atoms with E-state index in [9.17, 15) is 14.4 Å². The third-order valence-electron chi connectivity index (χ3n) is 5.06. The summed E-state index contributed by atoms with van der Waals surface area (Å²) in [7, 11) is 0. The van der Waals surface area contributed by atoms with Crippen molar-refractivity contribution in [3.8, 4) is 0 Å². The second-order valence-corrected chi connectivity index (χ2v) is 8.43. The summed E-state index contributed by atoms with van der Waals surface area (Å²) < 4.78 is 6.25. The maximum Gasteiger partial charge on any atom is 0.248 e. The Hall–Kier alpha value is -2.07. The maximum absolute atomic E-state index is 13.1. The second kappa shape index (κ2) is 8.74. The first-order valence-corrected chi connectivity index (χ1v) is 10.7. The summed E-state index contributed by atoms with van der Waals surface area (Å²) in [4.78, 5) is 46.4. The molecule has 3 amide bonds. The van der Waals surface area contributed by atoms with E-state index in [2.05, 4.69) is 9.88 Å². The number of carbonyl (C=O) groups excluding carboxylic acids is 3. The van der Waals surface area contributed by atoms with Gasteiger partial charge in [0.25, 0.3) is 0 Å². The van der Waals surface area contributed by atoms with E-state index in [-0.39, 0.29) is 37.1 Å². The molecule has 1 aromatic heterocycles. The number of halogens is 1. The van der Waals surface area contributed by atoms with Gasteiger partial charge in [0.2, 0.25) is 17.7 Å². The van der Waals surface area contributed by atoms with E-state index >= 15 is 0 Å². The standard InChI is InChI=1S/C19H21ClN4O4S/c20-13-1-2-14-15(11-13)29-19(21-14)23(6-5-22-7-9-28-10-8-22)18(27)12-24-16(25)3-4-17(24)26/h1-2,11H,3-10,12H2. The number of fused-ring (bicyclic) bond motifs is 1. The summed E-state index contributed by atoms with van der Waals surface area (Å²) in [5.74, 6) is -0.910. The average Bonchev–Trinajstić information content (AvgIpc) is 3.26. The summed E-state index contributed by atoms with van der Waals surface area (Å²) in [6, 6.07) is 5.39. The topological polar surface area (TPSA) is 83.1 Å². The first kappa shape index (κ1) is 20.2. The molecule has 0 bridgehead atoms. The summed E-state index contributed by atoms with van der Waals surface area (Å²) in [6.45, 7) is 3.78. The molecule has 2 aliphatic rings. The number of amides is 3. The minimum Gasteiger partial charge on any atom is -0.379 e. The number of benzene rings is 1. The van der Waals surface area contributed by atoms with Gasteiger partial charge in [-0.15, -0.1) is 0 Å². The number of ether oxygens (including phenoxy) is 1. The van der Waals surface area contributed by atoms with Crippen molar-refractivity contribution in [2.75, 3.05) is 50.8 Å². The Labute approximate surface area is 177 Å². The predicted octanol–water partition coefficient (Wildman–Crippen LogP) is 1.76. The number of rotatable bonds is 6. The molecule has 0 saturated carbocycles. The lowest BCUT2D eigenvalue weighted by Gasteiger charge is -2.29. The molecule has 4 rings (SSSR count). The Morgan fingerprint density at radius 2 is 1.93 bits per heavy atom. The molecule has 0 N–H and O–H groups in total. The van der Waals surface area contributed by atoms with Crippen molar-refractivity contribution in [1.29, 1.82) is 0 Å². The molecule has 0 spiro atoms. The molecule has 8 nitrogen and oxygen atoms in total. The molecule has 3 heterocycles. The van der Waals surface area contributed by atoms with Gasteiger partial charge in [-0.1, -0.05) is 22.9 Å². The van der Waals surface area contributed by atoms with Crippen LogP contribution in [0.3, 0.4) is 0 Å². The number of aromatic nitrogens is 1. The molecule has 10 heteroatoms. The number of hydrogen-bond acceptors (Lipinski definition) is 7. The van der Waals surface area contributed by atoms with Crippen LogP contribution >= 0.6 is 22.9 Å². The van der Waals surface area contributed by atoms with Gasteiger partial charge < -0.3 is 4.74 Å². The Morgan fingerprint density at radius 3 is 2.66 bits per heavy atom. The van der Waals surface area contributed by atoms with Gasteiger partial charge >= 0.3 is 0 Å². The summed E-state index contributed by atoms with van der Waals surface area (Å²) in [5, 5.41) is 1.15. The third-order valence-corrected chi connectivity index (χ3v) is 6.34. The van der Waals surface area contributed by atoms with Crippen LogP contribution in [0.5, 0.6) is 0 Å². The molecular formula is C19H21ClN4O4S. The minimum absolute atomic E-state index is 0.166. The number of morpholine rings is 1. The van der Waals surface area contributed by atoms with Gasteiger partial charge in [-0.2, -0.15) is 0 Å². The van der Waals surface area contributed by atoms with Crippen LogP contribution in [0.4, 0.5) is 5.13 Å². The van der Waals surface area contributed by atoms with Crippen LogP contribution < -0.4 is 4.90 Å². The molecule has 2 saturated heterocycles. The summed E-state index contributed by atoms with van der Waals surface area (Å²) >= 11 is 7.45. The summed E-state index contributed by atoms with van der Waals surface area (Å²) in [6.07, 6.45) is 0.332. The fourth-order valence-electron chi connectivity index (χ4n) is 3.41. The number of anilines is 1. The molecule has 2 aliphatic heterocycles. The average molecular weight is 437 g/mol. The Kier molecular flexibility index (Phi) is 6.09. The number of imide groups is 1. The molecular weight excluding hydrogens is 416 g/mol. The zero-order valence-corrected chi connectivity index (χ0v) is 17.4. The van der Waals surface area contributed by atoms with Crippen LogP contribution in [0.1, 0.15) is 12.8 Å². The van der Waals surface area contributed by atoms with E-state index < -0.39 is 0 Å². The fourth-order valence-corrected chi connectivity index (χ4v) is 4.70. The fraction of sp³-hybridized carbons (Fsp3) is 0.474. The second-order valence-electron chi connectivity index (χ2n) is 6.98. The van der Waals surface area contributed by atoms with Gasteiger partial charge in [-0.25, -0.2) is 4.98 Å². The number of hydrogen-bond donors (Lipinski definition) is 0. The number of carbonyl (C=O) groups is 3. The monoisotopic (exact) mass is 436 g/mol. The zero-order chi connectivity index (χ0) is 20.4. The van der Waals surface area contributed by atoms with Gasteiger partial charge in [0.05, 0.1) is 23.4 Å². The van der Waals surface area contributed by atoms with Crippen molar-refractivity contribution in [2.24, 2.45) is 0 Å². The van der Waals surface area contributed by atoms with Crippen molar-refractivity contribution in [2.45, 2.75) is 12.8 Å². The van der Waals surface area contributed by atoms with Crippen molar-refractivity contribution >= 4 is 56.0 Å². The quantitative estimate of drug-likeness (QED) is 0.642. The first-order chi connectivity index (χ1) is 14.0. The lowest BCUT2D eigenvalue weighted by atomic mass is 10.3. The van der Waals surface area contributed by atoms with Crippen molar-refractivity contribution in [3.05, 3.63) is 23.2 Å². The number of likely N-dealkylation sites (tertiary alicyclic amines) is 1. The molecule has 2 aromatic rings. The van der Waals surface area contributed by atoms with Crippen molar-refractivity contribution in [1.82, 2.24) is 14.8 Å². The largest absolute Gasteiger partial charge is 0.379 e. The van der Waals surface area contributed by atoms with Crippen LogP contribution in [0.2, 0.25) is 5.02 Å². The first-order valence-electron chi connectivity index (χ1n) is 9.51. The maximum atomic E-state index is 13.1. The molecule has 0 unspecified atom stereocenters. The van der Waals surface area contributed by atoms with E-state index in [1.54, 1.807) is 11.0 Å². The highest BCUT2D eigenvalue weighted by Gasteiger charge is 2.33. The van der Waals surface area contributed by atoms with Gasteiger partial charge in [0.1, 0.15) is 6.54 Å². The van der Waals surface area contributed by atoms with E-state index in [1.807, 2.05) is 12.1 Å². The van der Waals surface area contributed by atoms with E-state index in [0.717, 1.165) is 28.2 Å². The Morgan fingerprint density at radius 1 is 1.21 bits per heavy atom. The molecule has 1 aromatic carbocycles. The number of nitrogens with zero attached hydrogens (tertiary/aromatic N) is 4. The van der Waals surface area contributed by atoms with Gasteiger partial charge in [-0.05, 0) is 18.2 Å². The van der Waals surface area contributed by atoms with Crippen LogP contribution in [-0.4, -0.2) is 78.4 Å². The Bertz CT molecular complexity index is 927. The smallest absolute Gasteiger partial charge is 0.248 e. The Balaban J connectivity index is 1.55. The highest BCUT2D eigenvalue weighted by Crippen LogP contribution is 2.31. The number of thiazole rings is 1. The third kappa shape index (κ3) is 4.58. The van der Waals surface area contributed by atoms with E-state index in [0.29, 0.717) is 36.5 Å². The van der Waals surface area contributed by atoms with Crippen LogP contribution in [0.15, 0.2) is 18.2 Å². The normalized spacial score (nSPS) is 18.0. The highest BCUT2D eigenvalue weighted by molar-refractivity contribution is 7.22. The van der Waals surface area contributed by atoms with Gasteiger partial charge in [0.15, 0.2) is 5.13 Å². The lowest BCUT2D eigenvalue weighted by molar-refractivity contribution is -0.141. The minimum atomic E-state index is -0.313. The van der Waals surface area contributed by atoms with E-state index in [4.69, 9.17) is 16.3 Å². The lowest BCUT2D eigenvalue weighted by Crippen LogP contribution is -2.47. The molecule has 0 aliphatic carbocycles. The predicted molar refractivity (Wildman–Crippen MR) is 110 cm³/mol. The molecule has 154 valence electrons. The van der Waals surface area contributed by atoms with Gasteiger partial charge in [0, 0.05) is 44.0 Å². The summed E-state index contributed by atoms with van der Waals surface area (Å²) in [5.41, 5.74) is 0.756. The molecule has 0 radical (unpaired) electrons. The van der Waals surface area contributed by atoms with Crippen molar-refractivity contribution in [3.63, 3.8) is 0 Å². The van der Waals surface area contributed by atoms with E-state index in [1.165, 1.54) is 11.3 Å². The van der Waals surface area contributed by atoms with Crippen LogP contribution in [0, 0.1) is 0 Å². The highest BCUT2D eigenvalue weighted by atomic mass is 35.5. The molecule has 2 fully saturated rings. The SMILES string of the molecule is O=C1CCC(=O)N1CC(=O)N(CCN1CCOCC1)c1nc2ccc(Cl)cc2s1. The molecule has 29 heavy (non-hydrogen) atoms. The van der Waals surface area contributed by atoms with Crippen molar-refractivity contribution < 1.29 is 19.1 Å². The molecule has 0 atom stereocenters. The van der Waals surface area contributed by atoms with Crippen LogP contribution in [0.25, 0.3) is 10.2 Å².